The fourth-order valence-corrected chi connectivity index (χ4v) is 1.81. The van der Waals surface area contributed by atoms with Crippen LogP contribution in [0, 0.1) is 0 Å². The first kappa shape index (κ1) is 17.8. The number of para-hydroxylation sites is 1. The molecule has 0 amide bonds. The Labute approximate surface area is 147 Å². The molecule has 0 heterocycles. The third kappa shape index (κ3) is 4.60. The predicted octanol–water partition coefficient (Wildman–Crippen LogP) is 0.281. The van der Waals surface area contributed by atoms with Crippen LogP contribution in [0.3, 0.4) is 0 Å². The zero-order valence-electron chi connectivity index (χ0n) is 12.8. The van der Waals surface area contributed by atoms with Crippen molar-refractivity contribution in [2.75, 3.05) is 0 Å². The molecular formula is C17H17NaO3. The minimum atomic E-state index is -0.618. The van der Waals surface area contributed by atoms with Crippen molar-refractivity contribution < 1.29 is 44.2 Å². The van der Waals surface area contributed by atoms with Crippen molar-refractivity contribution in [1.29, 1.82) is 0 Å². The molecule has 0 aromatic heterocycles. The first-order valence-electron chi connectivity index (χ1n) is 6.47. The van der Waals surface area contributed by atoms with Gasteiger partial charge in [0.1, 0.15) is 5.75 Å². The summed E-state index contributed by atoms with van der Waals surface area (Å²) in [6.07, 6.45) is 0. The number of esters is 1. The van der Waals surface area contributed by atoms with Gasteiger partial charge in [-0.25, -0.2) is 4.79 Å². The van der Waals surface area contributed by atoms with Gasteiger partial charge in [0, 0.05) is 0 Å². The SMILES string of the molecule is CC(C)(C)c1ccc([O-])c(C(=O)Oc2ccccc2)c1.[Na+]. The van der Waals surface area contributed by atoms with Gasteiger partial charge < -0.3 is 9.84 Å². The van der Waals surface area contributed by atoms with Gasteiger partial charge >= 0.3 is 35.5 Å². The van der Waals surface area contributed by atoms with Crippen LogP contribution in [0.2, 0.25) is 0 Å². The number of hydrogen-bond donors (Lipinski definition) is 0. The van der Waals surface area contributed by atoms with E-state index in [2.05, 4.69) is 0 Å². The molecule has 0 aliphatic heterocycles. The van der Waals surface area contributed by atoms with E-state index in [9.17, 15) is 9.90 Å². The Morgan fingerprint density at radius 2 is 1.67 bits per heavy atom. The topological polar surface area (TPSA) is 49.4 Å². The number of rotatable bonds is 2. The fourth-order valence-electron chi connectivity index (χ4n) is 1.81. The summed E-state index contributed by atoms with van der Waals surface area (Å²) in [6.45, 7) is 6.08. The molecular weight excluding hydrogens is 275 g/mol. The Bertz CT molecular complexity index is 616. The molecule has 0 N–H and O–H groups in total. The minimum absolute atomic E-state index is 0. The fraction of sp³-hybridized carbons (Fsp3) is 0.235. The van der Waals surface area contributed by atoms with Crippen molar-refractivity contribution in [3.05, 3.63) is 59.7 Å². The van der Waals surface area contributed by atoms with E-state index < -0.39 is 5.97 Å². The van der Waals surface area contributed by atoms with Crippen LogP contribution in [-0.2, 0) is 5.41 Å². The van der Waals surface area contributed by atoms with Crippen LogP contribution in [0.1, 0.15) is 36.7 Å². The first-order chi connectivity index (χ1) is 9.38. The van der Waals surface area contributed by atoms with Gasteiger partial charge in [0.05, 0.1) is 5.56 Å². The zero-order valence-corrected chi connectivity index (χ0v) is 14.8. The molecule has 4 heteroatoms. The number of carbonyl (C=O) groups excluding carboxylic acids is 1. The average molecular weight is 292 g/mol. The Kier molecular flexibility index (Phi) is 6.02. The van der Waals surface area contributed by atoms with Gasteiger partial charge in [0.25, 0.3) is 0 Å². The van der Waals surface area contributed by atoms with Gasteiger partial charge in [-0.05, 0) is 29.2 Å². The molecule has 104 valence electrons. The first-order valence-corrected chi connectivity index (χ1v) is 6.47. The Hall–Kier alpha value is -1.29. The molecule has 0 unspecified atom stereocenters. The summed E-state index contributed by atoms with van der Waals surface area (Å²) in [7, 11) is 0. The smallest absolute Gasteiger partial charge is 0.872 e. The molecule has 2 aromatic rings. The van der Waals surface area contributed by atoms with Crippen LogP contribution in [-0.4, -0.2) is 5.97 Å². The molecule has 0 spiro atoms. The molecule has 0 aliphatic rings. The molecule has 3 nitrogen and oxygen atoms in total. The molecule has 0 fully saturated rings. The Morgan fingerprint density at radius 3 is 2.24 bits per heavy atom. The zero-order chi connectivity index (χ0) is 14.8. The second kappa shape index (κ2) is 7.12. The van der Waals surface area contributed by atoms with Crippen LogP contribution in [0.15, 0.2) is 48.5 Å². The van der Waals surface area contributed by atoms with Gasteiger partial charge in [0.15, 0.2) is 0 Å². The molecule has 0 bridgehead atoms. The van der Waals surface area contributed by atoms with Gasteiger partial charge in [-0.1, -0.05) is 56.9 Å². The quantitative estimate of drug-likeness (QED) is 0.454. The van der Waals surface area contributed by atoms with Crippen molar-refractivity contribution >= 4 is 5.97 Å². The summed E-state index contributed by atoms with van der Waals surface area (Å²) in [4.78, 5) is 12.1. The van der Waals surface area contributed by atoms with Crippen molar-refractivity contribution in [2.24, 2.45) is 0 Å². The van der Waals surface area contributed by atoms with E-state index in [0.29, 0.717) is 5.75 Å². The molecule has 0 aliphatic carbocycles. The molecule has 0 radical (unpaired) electrons. The van der Waals surface area contributed by atoms with E-state index >= 15 is 0 Å². The van der Waals surface area contributed by atoms with Crippen molar-refractivity contribution in [1.82, 2.24) is 0 Å². The summed E-state index contributed by atoms with van der Waals surface area (Å²) >= 11 is 0. The average Bonchev–Trinajstić information content (AvgIpc) is 2.39. The predicted molar refractivity (Wildman–Crippen MR) is 76.0 cm³/mol. The van der Waals surface area contributed by atoms with Crippen LogP contribution >= 0.6 is 0 Å². The van der Waals surface area contributed by atoms with Crippen molar-refractivity contribution in [2.45, 2.75) is 26.2 Å². The van der Waals surface area contributed by atoms with Crippen LogP contribution in [0.5, 0.6) is 11.5 Å². The van der Waals surface area contributed by atoms with E-state index in [0.717, 1.165) is 5.56 Å². The summed E-state index contributed by atoms with van der Waals surface area (Å²) in [5, 5.41) is 11.8. The molecule has 0 atom stereocenters. The van der Waals surface area contributed by atoms with Gasteiger partial charge in [-0.3, -0.25) is 0 Å². The molecule has 0 saturated heterocycles. The van der Waals surface area contributed by atoms with E-state index in [1.807, 2.05) is 26.8 Å². The van der Waals surface area contributed by atoms with Crippen molar-refractivity contribution in [3.8, 4) is 11.5 Å². The molecule has 21 heavy (non-hydrogen) atoms. The Balaban J connectivity index is 0.00000220. The van der Waals surface area contributed by atoms with Gasteiger partial charge in [-0.15, -0.1) is 0 Å². The minimum Gasteiger partial charge on any atom is -0.872 e. The number of benzene rings is 2. The number of ether oxygens (including phenoxy) is 1. The second-order valence-electron chi connectivity index (χ2n) is 5.66. The number of hydrogen-bond acceptors (Lipinski definition) is 3. The summed E-state index contributed by atoms with van der Waals surface area (Å²) in [5.74, 6) is -0.510. The molecule has 2 rings (SSSR count). The third-order valence-corrected chi connectivity index (χ3v) is 3.02. The van der Waals surface area contributed by atoms with Crippen molar-refractivity contribution in [3.63, 3.8) is 0 Å². The maximum Gasteiger partial charge on any atom is 1.00 e. The van der Waals surface area contributed by atoms with E-state index in [4.69, 9.17) is 4.74 Å². The maximum absolute atomic E-state index is 12.1. The van der Waals surface area contributed by atoms with E-state index in [-0.39, 0.29) is 46.3 Å². The van der Waals surface area contributed by atoms with Gasteiger partial charge in [0.2, 0.25) is 0 Å². The standard InChI is InChI=1S/C17H18O3.Na/c1-17(2,3)12-9-10-15(18)14(11-12)16(19)20-13-7-5-4-6-8-13;/h4-11,18H,1-3H3;/q;+1/p-1. The molecule has 2 aromatic carbocycles. The maximum atomic E-state index is 12.1. The normalized spacial score (nSPS) is 10.6. The van der Waals surface area contributed by atoms with Crippen LogP contribution in [0.25, 0.3) is 0 Å². The Morgan fingerprint density at radius 1 is 1.05 bits per heavy atom. The largest absolute Gasteiger partial charge is 1.00 e. The summed E-state index contributed by atoms with van der Waals surface area (Å²) in [6, 6.07) is 13.5. The number of carbonyl (C=O) groups is 1. The summed E-state index contributed by atoms with van der Waals surface area (Å²) in [5.41, 5.74) is 0.869. The van der Waals surface area contributed by atoms with Crippen LogP contribution in [0.4, 0.5) is 0 Å². The van der Waals surface area contributed by atoms with Crippen LogP contribution < -0.4 is 39.4 Å². The second-order valence-corrected chi connectivity index (χ2v) is 5.66. The van der Waals surface area contributed by atoms with Gasteiger partial charge in [-0.2, -0.15) is 0 Å². The van der Waals surface area contributed by atoms with E-state index in [1.165, 1.54) is 6.07 Å². The van der Waals surface area contributed by atoms with E-state index in [1.54, 1.807) is 36.4 Å². The monoisotopic (exact) mass is 292 g/mol. The molecule has 0 saturated carbocycles. The summed E-state index contributed by atoms with van der Waals surface area (Å²) < 4.78 is 5.21. The third-order valence-electron chi connectivity index (χ3n) is 3.02.